The van der Waals surface area contributed by atoms with E-state index in [1.807, 2.05) is 0 Å². The number of rotatable bonds is 5. The van der Waals surface area contributed by atoms with Crippen LogP contribution in [0.15, 0.2) is 30.6 Å². The van der Waals surface area contributed by atoms with Crippen molar-refractivity contribution in [1.82, 2.24) is 25.7 Å². The maximum absolute atomic E-state index is 14.2. The predicted octanol–water partition coefficient (Wildman–Crippen LogP) is 2.27. The van der Waals surface area contributed by atoms with Crippen molar-refractivity contribution >= 4 is 23.5 Å². The average Bonchev–Trinajstić information content (AvgIpc) is 3.54. The first-order valence-corrected chi connectivity index (χ1v) is 11.4. The summed E-state index contributed by atoms with van der Waals surface area (Å²) in [6.45, 7) is 4.07. The molecule has 3 fully saturated rings. The molecule has 3 aliphatic rings. The lowest BCUT2D eigenvalue weighted by atomic mass is 10.00. The van der Waals surface area contributed by atoms with Crippen molar-refractivity contribution in [2.45, 2.75) is 38.6 Å². The summed E-state index contributed by atoms with van der Waals surface area (Å²) in [6.07, 6.45) is 7.99. The van der Waals surface area contributed by atoms with Crippen molar-refractivity contribution in [1.29, 1.82) is 0 Å². The molecule has 2 atom stereocenters. The van der Waals surface area contributed by atoms with Gasteiger partial charge in [0.2, 0.25) is 5.91 Å². The van der Waals surface area contributed by atoms with Gasteiger partial charge in [-0.15, -0.1) is 0 Å². The largest absolute Gasteiger partial charge is 0.368 e. The van der Waals surface area contributed by atoms with Crippen molar-refractivity contribution in [3.63, 3.8) is 0 Å². The quantitative estimate of drug-likeness (QED) is 0.598. The number of anilines is 1. The molecule has 2 aromatic rings. The molecule has 3 N–H and O–H groups in total. The number of imide groups is 1. The van der Waals surface area contributed by atoms with E-state index < -0.39 is 18.0 Å². The number of hydrogen-bond donors (Lipinski definition) is 3. The number of halogens is 1. The number of urea groups is 1. The molecule has 176 valence electrons. The number of piperazine rings is 1. The molecule has 10 heteroatoms. The molecule has 1 aromatic carbocycles. The molecule has 33 heavy (non-hydrogen) atoms. The van der Waals surface area contributed by atoms with Crippen molar-refractivity contribution < 1.29 is 18.8 Å². The van der Waals surface area contributed by atoms with E-state index in [2.05, 4.69) is 25.7 Å². The van der Waals surface area contributed by atoms with Crippen LogP contribution in [0.5, 0.6) is 0 Å². The van der Waals surface area contributed by atoms with Crippen LogP contribution in [-0.2, 0) is 9.59 Å². The van der Waals surface area contributed by atoms with Crippen LogP contribution in [0.25, 0.3) is 11.1 Å². The van der Waals surface area contributed by atoms with E-state index in [1.54, 1.807) is 36.4 Å². The van der Waals surface area contributed by atoms with Crippen LogP contribution in [0.2, 0.25) is 0 Å². The van der Waals surface area contributed by atoms with Crippen LogP contribution in [0.4, 0.5) is 14.9 Å². The number of H-pyrrole nitrogens is 1. The summed E-state index contributed by atoms with van der Waals surface area (Å²) in [5.74, 6) is -1.13. The number of aromatic amines is 1. The van der Waals surface area contributed by atoms with E-state index in [9.17, 15) is 18.8 Å². The maximum Gasteiger partial charge on any atom is 0.322 e. The van der Waals surface area contributed by atoms with Gasteiger partial charge in [-0.25, -0.2) is 9.18 Å². The number of hydrogen-bond acceptors (Lipinski definition) is 5. The summed E-state index contributed by atoms with van der Waals surface area (Å²) >= 11 is 0. The Kier molecular flexibility index (Phi) is 6.90. The predicted molar refractivity (Wildman–Crippen MR) is 121 cm³/mol. The highest BCUT2D eigenvalue weighted by molar-refractivity contribution is 6.04. The lowest BCUT2D eigenvalue weighted by molar-refractivity contribution is -0.135. The summed E-state index contributed by atoms with van der Waals surface area (Å²) in [4.78, 5) is 39.6. The van der Waals surface area contributed by atoms with Crippen molar-refractivity contribution in [2.24, 2.45) is 5.92 Å². The standard InChI is InChI=1S/C20H23FN6O3.C3H6/c1-12(8-17-18(28)25-20(30)24-17)19(29)27-6-4-26(5-7-27)14-2-3-16(21)15(9-14)13-10-22-23-11-13;1-2-3-1/h2-3,9-12,17H,4-8H2,1H3,(H,22,23)(H2,24,25,28,30);1-3H2/t12?,17-;/m1./s1. The molecule has 1 aromatic heterocycles. The molecule has 0 bridgehead atoms. The molecule has 4 amide bonds. The lowest BCUT2D eigenvalue weighted by Crippen LogP contribution is -2.50. The van der Waals surface area contributed by atoms with Crippen LogP contribution < -0.4 is 15.5 Å². The topological polar surface area (TPSA) is 110 Å². The second kappa shape index (κ2) is 10.0. The number of benzene rings is 1. The van der Waals surface area contributed by atoms with Gasteiger partial charge in [-0.3, -0.25) is 20.0 Å². The van der Waals surface area contributed by atoms with Crippen molar-refractivity contribution in [2.75, 3.05) is 31.1 Å². The molecular weight excluding hydrogens is 427 g/mol. The number of aromatic nitrogens is 2. The normalized spacial score (nSPS) is 20.5. The van der Waals surface area contributed by atoms with Crippen molar-refractivity contribution in [3.8, 4) is 11.1 Å². The summed E-state index contributed by atoms with van der Waals surface area (Å²) < 4.78 is 14.2. The molecule has 2 aliphatic heterocycles. The Labute approximate surface area is 191 Å². The van der Waals surface area contributed by atoms with Gasteiger partial charge in [0, 0.05) is 55.1 Å². The van der Waals surface area contributed by atoms with E-state index in [0.717, 1.165) is 5.69 Å². The van der Waals surface area contributed by atoms with E-state index in [0.29, 0.717) is 37.3 Å². The van der Waals surface area contributed by atoms with Gasteiger partial charge in [0.25, 0.3) is 5.91 Å². The molecule has 0 spiro atoms. The fourth-order valence-electron chi connectivity index (χ4n) is 3.91. The second-order valence-corrected chi connectivity index (χ2v) is 8.68. The molecule has 0 radical (unpaired) electrons. The average molecular weight is 457 g/mol. The van der Waals surface area contributed by atoms with Crippen LogP contribution in [0, 0.1) is 11.7 Å². The van der Waals surface area contributed by atoms with Gasteiger partial charge in [0.15, 0.2) is 0 Å². The van der Waals surface area contributed by atoms with Gasteiger partial charge in [0.05, 0.1) is 6.20 Å². The molecular formula is C23H29FN6O3. The van der Waals surface area contributed by atoms with E-state index in [4.69, 9.17) is 0 Å². The summed E-state index contributed by atoms with van der Waals surface area (Å²) in [7, 11) is 0. The summed E-state index contributed by atoms with van der Waals surface area (Å²) in [5.41, 5.74) is 2.04. The molecule has 5 rings (SSSR count). The first-order valence-electron chi connectivity index (χ1n) is 11.4. The Morgan fingerprint density at radius 3 is 2.48 bits per heavy atom. The number of nitrogens with one attached hydrogen (secondary N) is 3. The molecule has 1 aliphatic carbocycles. The third kappa shape index (κ3) is 5.68. The van der Waals surface area contributed by atoms with Gasteiger partial charge in [-0.2, -0.15) is 5.10 Å². The minimum Gasteiger partial charge on any atom is -0.368 e. The zero-order chi connectivity index (χ0) is 23.4. The number of carbonyl (C=O) groups is 3. The number of nitrogens with zero attached hydrogens (tertiary/aromatic N) is 3. The first-order chi connectivity index (χ1) is 15.9. The minimum absolute atomic E-state index is 0.0400. The zero-order valence-corrected chi connectivity index (χ0v) is 18.6. The zero-order valence-electron chi connectivity index (χ0n) is 18.6. The third-order valence-electron chi connectivity index (χ3n) is 5.94. The minimum atomic E-state index is -0.668. The van der Waals surface area contributed by atoms with Crippen LogP contribution in [-0.4, -0.2) is 65.2 Å². The summed E-state index contributed by atoms with van der Waals surface area (Å²) in [5, 5.41) is 11.3. The highest BCUT2D eigenvalue weighted by Gasteiger charge is 2.34. The van der Waals surface area contributed by atoms with E-state index in [1.165, 1.54) is 25.3 Å². The lowest BCUT2D eigenvalue weighted by Gasteiger charge is -2.37. The molecule has 1 unspecified atom stereocenters. The fraction of sp³-hybridized carbons (Fsp3) is 0.478. The molecule has 3 heterocycles. The molecule has 9 nitrogen and oxygen atoms in total. The summed E-state index contributed by atoms with van der Waals surface area (Å²) in [6, 6.07) is 3.78. The van der Waals surface area contributed by atoms with Gasteiger partial charge in [0.1, 0.15) is 11.9 Å². The Balaban J connectivity index is 0.000000799. The van der Waals surface area contributed by atoms with Gasteiger partial charge < -0.3 is 15.1 Å². The molecule has 1 saturated carbocycles. The smallest absolute Gasteiger partial charge is 0.322 e. The Morgan fingerprint density at radius 2 is 1.91 bits per heavy atom. The number of carbonyl (C=O) groups excluding carboxylic acids is 3. The van der Waals surface area contributed by atoms with E-state index >= 15 is 0 Å². The Hall–Kier alpha value is -3.43. The second-order valence-electron chi connectivity index (χ2n) is 8.68. The Bertz CT molecular complexity index is 999. The highest BCUT2D eigenvalue weighted by Crippen LogP contribution is 2.28. The Morgan fingerprint density at radius 1 is 1.18 bits per heavy atom. The maximum atomic E-state index is 14.2. The number of amides is 4. The van der Waals surface area contributed by atoms with Crippen LogP contribution >= 0.6 is 0 Å². The van der Waals surface area contributed by atoms with Gasteiger partial charge in [-0.05, 0) is 24.6 Å². The van der Waals surface area contributed by atoms with Gasteiger partial charge >= 0.3 is 6.03 Å². The highest BCUT2D eigenvalue weighted by atomic mass is 19.1. The fourth-order valence-corrected chi connectivity index (χ4v) is 3.91. The van der Waals surface area contributed by atoms with Gasteiger partial charge in [-0.1, -0.05) is 26.2 Å². The molecule has 2 saturated heterocycles. The SMILES string of the molecule is C1CC1.CC(C[C@H]1NC(=O)NC1=O)C(=O)N1CCN(c2ccc(F)c(-c3cn[nH]c3)c2)CC1. The van der Waals surface area contributed by atoms with Crippen LogP contribution in [0.3, 0.4) is 0 Å². The third-order valence-corrected chi connectivity index (χ3v) is 5.94. The van der Waals surface area contributed by atoms with Crippen molar-refractivity contribution in [3.05, 3.63) is 36.4 Å². The monoisotopic (exact) mass is 456 g/mol. The first kappa shape index (κ1) is 22.8. The van der Waals surface area contributed by atoms with Crippen LogP contribution in [0.1, 0.15) is 32.6 Å². The van der Waals surface area contributed by atoms with E-state index in [-0.39, 0.29) is 24.1 Å².